The summed E-state index contributed by atoms with van der Waals surface area (Å²) in [5.74, 6) is -2.41. The lowest BCUT2D eigenvalue weighted by atomic mass is 9.97. The Labute approximate surface area is 442 Å². The fraction of sp³-hybridized carbons (Fsp3) is 0.448. The SMILES string of the molecule is C.C#C.C#C.C#C.CCC.CCC.COC(=O)NCC(=O)N[C@@H]1CC[C@H](C(Cc2nc3ccc(-c4ccc5c(c4)C(F)(F)c4cc(-c6cnc(CN(CC7(C)CC7)C(=O)CNC(=O)OC)[nH]6)ccc4-5)cc3[nH]2)OC)C1. The second-order valence-electron chi connectivity index (χ2n) is 18.2. The molecule has 5 N–H and O–H groups in total. The van der Waals surface area contributed by atoms with E-state index in [1.807, 2.05) is 24.3 Å². The molecule has 404 valence electrons. The monoisotopic (exact) mass is 1030 g/mol. The molecule has 3 aromatic carbocycles. The van der Waals surface area contributed by atoms with E-state index in [4.69, 9.17) is 9.72 Å². The van der Waals surface area contributed by atoms with Crippen LogP contribution in [0.4, 0.5) is 18.4 Å². The summed E-state index contributed by atoms with van der Waals surface area (Å²) in [6.07, 6.45) is 31.5. The van der Waals surface area contributed by atoms with Crippen LogP contribution in [0.25, 0.3) is 44.5 Å². The van der Waals surface area contributed by atoms with Crippen LogP contribution in [0.1, 0.15) is 110 Å². The highest BCUT2D eigenvalue weighted by molar-refractivity contribution is 5.87. The van der Waals surface area contributed by atoms with Crippen molar-refractivity contribution in [1.29, 1.82) is 0 Å². The maximum Gasteiger partial charge on any atom is 0.407 e. The fourth-order valence-electron chi connectivity index (χ4n) is 8.70. The second-order valence-corrected chi connectivity index (χ2v) is 18.2. The first kappa shape index (κ1) is 63.4. The quantitative estimate of drug-likeness (QED) is 0.0635. The van der Waals surface area contributed by atoms with Crippen molar-refractivity contribution < 1.29 is 42.2 Å². The number of aromatic nitrogens is 4. The third-order valence-corrected chi connectivity index (χ3v) is 12.4. The van der Waals surface area contributed by atoms with Crippen LogP contribution in [-0.2, 0) is 42.7 Å². The van der Waals surface area contributed by atoms with Gasteiger partial charge in [-0.25, -0.2) is 19.6 Å². The lowest BCUT2D eigenvalue weighted by molar-refractivity contribution is -0.131. The average molecular weight is 1040 g/mol. The molecule has 5 aromatic rings. The molecule has 75 heavy (non-hydrogen) atoms. The van der Waals surface area contributed by atoms with E-state index in [0.29, 0.717) is 46.7 Å². The highest BCUT2D eigenvalue weighted by Gasteiger charge is 2.45. The molecule has 0 bridgehead atoms. The van der Waals surface area contributed by atoms with Crippen molar-refractivity contribution in [3.63, 3.8) is 0 Å². The minimum Gasteiger partial charge on any atom is -0.453 e. The second kappa shape index (κ2) is 30.5. The molecule has 3 aliphatic carbocycles. The summed E-state index contributed by atoms with van der Waals surface area (Å²) in [5.41, 5.74) is 4.75. The zero-order valence-corrected chi connectivity index (χ0v) is 43.9. The van der Waals surface area contributed by atoms with Gasteiger partial charge in [0.1, 0.15) is 24.7 Å². The maximum atomic E-state index is 16.4. The van der Waals surface area contributed by atoms with Gasteiger partial charge in [-0.3, -0.25) is 9.59 Å². The highest BCUT2D eigenvalue weighted by Crippen LogP contribution is 2.53. The van der Waals surface area contributed by atoms with Gasteiger partial charge >= 0.3 is 12.2 Å². The number of nitrogens with zero attached hydrogens (tertiary/aromatic N) is 3. The lowest BCUT2D eigenvalue weighted by Crippen LogP contribution is -2.42. The summed E-state index contributed by atoms with van der Waals surface area (Å²) >= 11 is 0. The number of fused-ring (bicyclic) bond motifs is 4. The van der Waals surface area contributed by atoms with E-state index in [1.54, 1.807) is 42.5 Å². The largest absolute Gasteiger partial charge is 0.453 e. The molecule has 3 atom stereocenters. The molecular weight excluding hydrogens is 959 g/mol. The molecule has 15 nitrogen and oxygen atoms in total. The Morgan fingerprint density at radius 2 is 1.32 bits per heavy atom. The van der Waals surface area contributed by atoms with Gasteiger partial charge in [-0.05, 0) is 90.0 Å². The van der Waals surface area contributed by atoms with Gasteiger partial charge < -0.3 is 45.0 Å². The Kier molecular flexibility index (Phi) is 25.8. The number of alkyl carbamates (subject to hydrolysis) is 2. The number of amides is 4. The lowest BCUT2D eigenvalue weighted by Gasteiger charge is -2.25. The van der Waals surface area contributed by atoms with E-state index in [1.165, 1.54) is 33.1 Å². The van der Waals surface area contributed by atoms with Crippen LogP contribution in [0, 0.1) is 49.9 Å². The first-order chi connectivity index (χ1) is 35.6. The number of halogens is 2. The van der Waals surface area contributed by atoms with E-state index in [-0.39, 0.29) is 73.5 Å². The third-order valence-electron chi connectivity index (χ3n) is 12.4. The van der Waals surface area contributed by atoms with Crippen molar-refractivity contribution >= 4 is 35.0 Å². The highest BCUT2D eigenvalue weighted by atomic mass is 19.3. The van der Waals surface area contributed by atoms with Gasteiger partial charge in [-0.15, -0.1) is 38.5 Å². The summed E-state index contributed by atoms with van der Waals surface area (Å²) in [5, 5.41) is 7.80. The normalized spacial score (nSPS) is 15.7. The van der Waals surface area contributed by atoms with Crippen molar-refractivity contribution in [2.75, 3.05) is 41.0 Å². The molecule has 2 aromatic heterocycles. The Morgan fingerprint density at radius 1 is 0.773 bits per heavy atom. The van der Waals surface area contributed by atoms with Crippen molar-refractivity contribution in [2.45, 2.75) is 118 Å². The molecule has 3 aliphatic rings. The zero-order chi connectivity index (χ0) is 55.2. The molecule has 0 spiro atoms. The number of terminal acetylenes is 3. The number of hydrogen-bond donors (Lipinski definition) is 5. The maximum absolute atomic E-state index is 16.4. The van der Waals surface area contributed by atoms with E-state index in [0.717, 1.165) is 54.5 Å². The summed E-state index contributed by atoms with van der Waals surface area (Å²) in [7, 11) is 4.14. The van der Waals surface area contributed by atoms with Crippen LogP contribution >= 0.6 is 0 Å². The molecule has 0 radical (unpaired) electrons. The Bertz CT molecular complexity index is 2690. The van der Waals surface area contributed by atoms with Gasteiger partial charge in [0.15, 0.2) is 0 Å². The number of imidazole rings is 2. The Morgan fingerprint density at radius 3 is 1.89 bits per heavy atom. The van der Waals surface area contributed by atoms with Gasteiger partial charge in [0.2, 0.25) is 11.8 Å². The average Bonchev–Trinajstić information content (AvgIpc) is 3.83. The van der Waals surface area contributed by atoms with Crippen molar-refractivity contribution in [2.24, 2.45) is 11.3 Å². The summed E-state index contributed by atoms with van der Waals surface area (Å²) in [6.45, 7) is 10.9. The fourth-order valence-corrected chi connectivity index (χ4v) is 8.70. The minimum absolute atomic E-state index is 0. The molecule has 2 heterocycles. The molecule has 2 saturated carbocycles. The van der Waals surface area contributed by atoms with Gasteiger partial charge in [0.25, 0.3) is 5.92 Å². The topological polar surface area (TPSA) is 193 Å². The van der Waals surface area contributed by atoms with Crippen LogP contribution in [-0.4, -0.2) is 102 Å². The number of H-pyrrole nitrogens is 2. The van der Waals surface area contributed by atoms with Gasteiger partial charge in [0.05, 0.1) is 49.8 Å². The number of aromatic amines is 2. The predicted octanol–water partition coefficient (Wildman–Crippen LogP) is 10.6. The molecular formula is C58H76F2N8O7. The number of ether oxygens (including phenoxy) is 3. The van der Waals surface area contributed by atoms with Gasteiger partial charge in [0, 0.05) is 42.8 Å². The molecule has 0 aliphatic heterocycles. The van der Waals surface area contributed by atoms with Crippen molar-refractivity contribution in [3.8, 4) is 72.1 Å². The first-order valence-electron chi connectivity index (χ1n) is 24.5. The number of carbonyl (C=O) groups excluding carboxylic acids is 4. The predicted molar refractivity (Wildman–Crippen MR) is 293 cm³/mol. The third kappa shape index (κ3) is 16.9. The van der Waals surface area contributed by atoms with E-state index >= 15 is 8.78 Å². The number of nitrogens with one attached hydrogen (secondary N) is 5. The number of methoxy groups -OCH3 is 3. The summed E-state index contributed by atoms with van der Waals surface area (Å²) in [6, 6.07) is 15.8. The molecule has 2 fully saturated rings. The Balaban J connectivity index is 0.00000137. The number of carbonyl (C=O) groups is 4. The summed E-state index contributed by atoms with van der Waals surface area (Å²) in [4.78, 5) is 65.9. The van der Waals surface area contributed by atoms with Crippen LogP contribution < -0.4 is 16.0 Å². The molecule has 0 saturated heterocycles. The number of hydrogen-bond acceptors (Lipinski definition) is 9. The number of alkyl halides is 2. The zero-order valence-electron chi connectivity index (χ0n) is 43.9. The minimum atomic E-state index is -3.27. The van der Waals surface area contributed by atoms with E-state index < -0.39 is 18.1 Å². The Hall–Kier alpha value is -7.68. The van der Waals surface area contributed by atoms with Crippen LogP contribution in [0.3, 0.4) is 0 Å². The molecule has 17 heteroatoms. The standard InChI is InChI=1S/C45H50F2N8O7.2C3H8.3C2H2.CH4/c1-44(13-14-44)24-55(41(57)22-50-43(59)62-4)23-39-48-20-36(54-39)27-7-11-31-30-10-6-25(16-32(30)45(46,47)33(31)17-27)26-8-12-34-35(18-26)53-38(52-34)19-37(60-2)28-5-9-29(15-28)51-40(56)21-49-42(58)61-3;2*1-3-2;3*1-2;/h6-8,10-12,16-18,20,28-29,37H,5,9,13-15,19,21-24H2,1-4H3,(H,48,54)(H,49,58)(H,50,59)(H,51,56)(H,52,53);2*3H2,1-2H3;3*1-2H;1H4/t28-,29+,37?;;;;;;/m0....../s1. The molecule has 8 rings (SSSR count). The van der Waals surface area contributed by atoms with Gasteiger partial charge in [-0.2, -0.15) is 8.78 Å². The van der Waals surface area contributed by atoms with Crippen LogP contribution in [0.5, 0.6) is 0 Å². The van der Waals surface area contributed by atoms with E-state index in [2.05, 4.69) is 114 Å². The first-order valence-corrected chi connectivity index (χ1v) is 24.5. The summed E-state index contributed by atoms with van der Waals surface area (Å²) < 4.78 is 47.9. The van der Waals surface area contributed by atoms with Crippen molar-refractivity contribution in [1.82, 2.24) is 40.8 Å². The van der Waals surface area contributed by atoms with Crippen molar-refractivity contribution in [3.05, 3.63) is 83.6 Å². The number of benzene rings is 3. The smallest absolute Gasteiger partial charge is 0.407 e. The van der Waals surface area contributed by atoms with E-state index in [9.17, 15) is 19.2 Å². The number of rotatable bonds is 15. The van der Waals surface area contributed by atoms with Crippen LogP contribution in [0.15, 0.2) is 60.8 Å². The molecule has 4 amide bonds. The van der Waals surface area contributed by atoms with Gasteiger partial charge in [-0.1, -0.05) is 85.2 Å². The molecule has 1 unspecified atom stereocenters. The van der Waals surface area contributed by atoms with Crippen LogP contribution in [0.2, 0.25) is 0 Å².